The first kappa shape index (κ1) is 16.2. The molecule has 0 aliphatic carbocycles. The minimum atomic E-state index is -1.42. The predicted octanol–water partition coefficient (Wildman–Crippen LogP) is 5.29. The molecule has 0 saturated carbocycles. The van der Waals surface area contributed by atoms with Gasteiger partial charge in [-0.3, -0.25) is 0 Å². The summed E-state index contributed by atoms with van der Waals surface area (Å²) in [4.78, 5) is 0. The van der Waals surface area contributed by atoms with Crippen LogP contribution in [0.1, 0.15) is 47.0 Å². The Morgan fingerprint density at radius 3 is 2.17 bits per heavy atom. The first-order valence-electron chi connectivity index (χ1n) is 7.92. The summed E-state index contributed by atoms with van der Waals surface area (Å²) in [7, 11) is -2.52. The Bertz CT molecular complexity index is 257. The van der Waals surface area contributed by atoms with Crippen LogP contribution in [-0.4, -0.2) is 21.5 Å². The van der Waals surface area contributed by atoms with Crippen molar-refractivity contribution in [2.45, 2.75) is 83.3 Å². The van der Waals surface area contributed by atoms with Crippen LogP contribution in [-0.2, 0) is 4.43 Å². The Kier molecular flexibility index (Phi) is 6.35. The first-order valence-corrected chi connectivity index (χ1v) is 13.9. The Balaban J connectivity index is 2.88. The summed E-state index contributed by atoms with van der Waals surface area (Å²) >= 11 is 0. The highest BCUT2D eigenvalue weighted by atomic mass is 29.3. The third kappa shape index (κ3) is 2.83. The smallest absolute Gasteiger partial charge is 0.180 e. The first-order chi connectivity index (χ1) is 8.63. The van der Waals surface area contributed by atoms with Crippen molar-refractivity contribution in [1.82, 2.24) is 0 Å². The molecule has 1 heterocycles. The summed E-state index contributed by atoms with van der Waals surface area (Å²) < 4.78 is 6.83. The lowest BCUT2D eigenvalue weighted by Gasteiger charge is -2.52. The van der Waals surface area contributed by atoms with Crippen LogP contribution in [0.15, 0.2) is 12.7 Å². The van der Waals surface area contributed by atoms with E-state index in [0.29, 0.717) is 6.10 Å². The molecule has 0 bridgehead atoms. The number of hydrogen-bond donors (Lipinski definition) is 0. The lowest BCUT2D eigenvalue weighted by Crippen LogP contribution is -2.67. The summed E-state index contributed by atoms with van der Waals surface area (Å²) in [6, 6.07) is 7.14. The normalized spacial score (nSPS) is 25.9. The number of rotatable bonds is 7. The second-order valence-electron chi connectivity index (χ2n) is 5.83. The van der Waals surface area contributed by atoms with E-state index in [-0.39, 0.29) is 0 Å². The molecule has 0 amide bonds. The minimum Gasteiger partial charge on any atom is -0.417 e. The molecule has 1 aliphatic heterocycles. The molecule has 0 N–H and O–H groups in total. The lowest BCUT2D eigenvalue weighted by molar-refractivity contribution is 0.171. The molecule has 1 nitrogen and oxygen atoms in total. The third-order valence-electron chi connectivity index (χ3n) is 5.49. The van der Waals surface area contributed by atoms with Gasteiger partial charge in [0.05, 0.1) is 7.59 Å². The maximum Gasteiger partial charge on any atom is 0.180 e. The van der Waals surface area contributed by atoms with Crippen molar-refractivity contribution in [3.8, 4) is 0 Å². The average molecular weight is 285 g/mol. The molecule has 1 atom stereocenters. The van der Waals surface area contributed by atoms with E-state index < -0.39 is 15.4 Å². The van der Waals surface area contributed by atoms with Gasteiger partial charge in [-0.25, -0.2) is 0 Å². The van der Waals surface area contributed by atoms with Crippen LogP contribution in [0.5, 0.6) is 0 Å². The van der Waals surface area contributed by atoms with Gasteiger partial charge in [-0.2, -0.15) is 0 Å². The molecule has 1 fully saturated rings. The molecule has 0 aromatic heterocycles. The molecular weight excluding hydrogens is 252 g/mol. The van der Waals surface area contributed by atoms with Gasteiger partial charge in [-0.15, -0.1) is 6.58 Å². The maximum absolute atomic E-state index is 6.83. The molecule has 1 aliphatic rings. The van der Waals surface area contributed by atoms with Crippen molar-refractivity contribution in [1.29, 1.82) is 0 Å². The van der Waals surface area contributed by atoms with E-state index in [2.05, 4.69) is 34.3 Å². The van der Waals surface area contributed by atoms with Crippen LogP contribution in [0.4, 0.5) is 0 Å². The Morgan fingerprint density at radius 2 is 1.72 bits per heavy atom. The fourth-order valence-corrected chi connectivity index (χ4v) is 22.8. The van der Waals surface area contributed by atoms with Gasteiger partial charge in [0, 0.05) is 6.10 Å². The second-order valence-corrected chi connectivity index (χ2v) is 19.9. The van der Waals surface area contributed by atoms with Crippen molar-refractivity contribution < 1.29 is 4.43 Å². The summed E-state index contributed by atoms with van der Waals surface area (Å²) in [5.74, 6) is 0. The molecule has 3 heteroatoms. The quantitative estimate of drug-likeness (QED) is 0.456. The molecule has 0 spiro atoms. The topological polar surface area (TPSA) is 9.23 Å². The maximum atomic E-state index is 6.83. The van der Waals surface area contributed by atoms with E-state index >= 15 is 0 Å². The van der Waals surface area contributed by atoms with Crippen molar-refractivity contribution in [2.75, 3.05) is 0 Å². The van der Waals surface area contributed by atoms with Gasteiger partial charge < -0.3 is 4.43 Å². The van der Waals surface area contributed by atoms with E-state index in [4.69, 9.17) is 4.43 Å². The Hall–Kier alpha value is 0.134. The van der Waals surface area contributed by atoms with Crippen LogP contribution < -0.4 is 0 Å². The summed E-state index contributed by atoms with van der Waals surface area (Å²) in [5.41, 5.74) is 0. The van der Waals surface area contributed by atoms with Crippen molar-refractivity contribution >= 4 is 15.4 Å². The Morgan fingerprint density at radius 1 is 1.11 bits per heavy atom. The van der Waals surface area contributed by atoms with Crippen LogP contribution in [0.2, 0.25) is 30.2 Å². The van der Waals surface area contributed by atoms with Gasteiger partial charge in [0.1, 0.15) is 0 Å². The van der Waals surface area contributed by atoms with E-state index in [1.54, 1.807) is 0 Å². The summed E-state index contributed by atoms with van der Waals surface area (Å²) in [6.45, 7) is 13.5. The Labute approximate surface area is 116 Å². The zero-order chi connectivity index (χ0) is 13.6. The van der Waals surface area contributed by atoms with E-state index in [1.165, 1.54) is 43.1 Å². The fourth-order valence-electron chi connectivity index (χ4n) is 4.09. The minimum absolute atomic E-state index is 0.549. The molecule has 1 rings (SSSR count). The lowest BCUT2D eigenvalue weighted by atomic mass is 10.1. The van der Waals surface area contributed by atoms with Gasteiger partial charge in [0.25, 0.3) is 0 Å². The summed E-state index contributed by atoms with van der Waals surface area (Å²) in [6.07, 6.45) is 6.25. The highest BCUT2D eigenvalue weighted by Gasteiger charge is 2.55. The van der Waals surface area contributed by atoms with E-state index in [0.717, 1.165) is 6.42 Å². The number of hydrogen-bond acceptors (Lipinski definition) is 1. The predicted molar refractivity (Wildman–Crippen MR) is 87.2 cm³/mol. The molecule has 106 valence electrons. The largest absolute Gasteiger partial charge is 0.417 e. The highest BCUT2D eigenvalue weighted by Crippen LogP contribution is 2.43. The van der Waals surface area contributed by atoms with Crippen LogP contribution in [0, 0.1) is 0 Å². The highest BCUT2D eigenvalue weighted by molar-refractivity contribution is 7.40. The van der Waals surface area contributed by atoms with Crippen LogP contribution in [0.25, 0.3) is 0 Å². The monoisotopic (exact) mass is 284 g/mol. The molecule has 1 unspecified atom stereocenters. The van der Waals surface area contributed by atoms with Crippen molar-refractivity contribution in [3.63, 3.8) is 0 Å². The molecular formula is C15H32OSi2. The third-order valence-corrected chi connectivity index (χ3v) is 25.6. The van der Waals surface area contributed by atoms with Crippen LogP contribution >= 0.6 is 0 Å². The van der Waals surface area contributed by atoms with E-state index in [1.807, 2.05) is 6.08 Å². The molecule has 0 radical (unpaired) electrons. The molecule has 18 heavy (non-hydrogen) atoms. The van der Waals surface area contributed by atoms with E-state index in [9.17, 15) is 0 Å². The van der Waals surface area contributed by atoms with Gasteiger partial charge >= 0.3 is 0 Å². The van der Waals surface area contributed by atoms with Gasteiger partial charge in [0.2, 0.25) is 0 Å². The molecule has 0 aromatic rings. The molecule has 1 saturated heterocycles. The van der Waals surface area contributed by atoms with Crippen molar-refractivity contribution in [2.24, 2.45) is 0 Å². The van der Waals surface area contributed by atoms with Gasteiger partial charge in [-0.1, -0.05) is 51.9 Å². The summed E-state index contributed by atoms with van der Waals surface area (Å²) in [5, 5.41) is 0. The van der Waals surface area contributed by atoms with Crippen LogP contribution in [0.3, 0.4) is 0 Å². The van der Waals surface area contributed by atoms with Crippen molar-refractivity contribution in [3.05, 3.63) is 12.7 Å². The zero-order valence-electron chi connectivity index (χ0n) is 12.9. The standard InChI is InChI=1S/C15H32OSi2/c1-6-11-12-15-13-14-17(7-2,8-3)18(9-4,10-5)16-15/h6,15H,1,7-14H2,2-5H3. The molecule has 0 aromatic carbocycles. The number of allylic oxidation sites excluding steroid dienone is 1. The SMILES string of the molecule is C=CCCC1CC[Si](CC)(CC)[Si](CC)(CC)O1. The average Bonchev–Trinajstić information content (AvgIpc) is 2.44. The zero-order valence-corrected chi connectivity index (χ0v) is 14.9. The van der Waals surface area contributed by atoms with Gasteiger partial charge in [-0.05, 0) is 31.4 Å². The fraction of sp³-hybridized carbons (Fsp3) is 0.867. The van der Waals surface area contributed by atoms with Gasteiger partial charge in [0.15, 0.2) is 7.83 Å². The second kappa shape index (κ2) is 7.06.